The van der Waals surface area contributed by atoms with Crippen LogP contribution in [0.5, 0.6) is 0 Å². The monoisotopic (exact) mass is 496 g/mol. The lowest BCUT2D eigenvalue weighted by atomic mass is 9.55. The van der Waals surface area contributed by atoms with Crippen molar-refractivity contribution in [3.63, 3.8) is 0 Å². The second kappa shape index (κ2) is 17.4. The molecule has 4 nitrogen and oxygen atoms in total. The molecule has 204 valence electrons. The standard InChI is InChI=1S/C14H20N2.C13H24N2.C3H6.C2H6/c1-11(2)12-7-14(8-12)9-16(10-14)13-5-3-4-6-15-13;1-3-4-5-6-13(14)11-15-9-7-12(2)8-10-15;1-3-2;1-2/h3-6,11-12H,7-10H2,1-2H3;4-6,12H,3,7-11,14H2,1-2H3;3H,1H2,2H3;1-2H3/b;5-4-,13-6-;;. The zero-order chi connectivity index (χ0) is 27.0. The van der Waals surface area contributed by atoms with Crippen molar-refractivity contribution in [3.05, 3.63) is 61.0 Å². The number of pyridine rings is 1. The maximum absolute atomic E-state index is 5.95. The van der Waals surface area contributed by atoms with Crippen molar-refractivity contribution in [2.75, 3.05) is 37.6 Å². The van der Waals surface area contributed by atoms with Gasteiger partial charge in [0, 0.05) is 36.9 Å². The quantitative estimate of drug-likeness (QED) is 0.324. The number of piperidine rings is 1. The van der Waals surface area contributed by atoms with E-state index < -0.39 is 0 Å². The van der Waals surface area contributed by atoms with Crippen LogP contribution < -0.4 is 10.6 Å². The number of likely N-dealkylation sites (tertiary alicyclic amines) is 1. The van der Waals surface area contributed by atoms with Crippen molar-refractivity contribution < 1.29 is 0 Å². The van der Waals surface area contributed by atoms with Crippen LogP contribution in [-0.4, -0.2) is 42.6 Å². The third-order valence-electron chi connectivity index (χ3n) is 7.32. The predicted octanol–water partition coefficient (Wildman–Crippen LogP) is 7.70. The molecule has 4 heteroatoms. The van der Waals surface area contributed by atoms with E-state index in [0.29, 0.717) is 5.41 Å². The first-order valence-electron chi connectivity index (χ1n) is 14.4. The number of anilines is 1. The molecule has 3 heterocycles. The van der Waals surface area contributed by atoms with Gasteiger partial charge in [-0.15, -0.1) is 6.58 Å². The van der Waals surface area contributed by atoms with E-state index in [1.165, 1.54) is 51.9 Å². The molecule has 0 atom stereocenters. The van der Waals surface area contributed by atoms with E-state index in [1.807, 2.05) is 39.1 Å². The highest BCUT2D eigenvalue weighted by Crippen LogP contribution is 2.54. The molecule has 1 spiro atoms. The number of nitrogens with zero attached hydrogens (tertiary/aromatic N) is 3. The fourth-order valence-corrected chi connectivity index (χ4v) is 5.11. The molecule has 0 amide bonds. The van der Waals surface area contributed by atoms with Crippen LogP contribution in [0.2, 0.25) is 0 Å². The Balaban J connectivity index is 0.000000307. The first kappa shape index (κ1) is 32.0. The number of nitrogens with two attached hydrogens (primary N) is 1. The van der Waals surface area contributed by atoms with Crippen LogP contribution >= 0.6 is 0 Å². The van der Waals surface area contributed by atoms with Gasteiger partial charge in [0.25, 0.3) is 0 Å². The minimum atomic E-state index is 0.659. The molecular weight excluding hydrogens is 440 g/mol. The van der Waals surface area contributed by atoms with Gasteiger partial charge in [-0.3, -0.25) is 4.90 Å². The van der Waals surface area contributed by atoms with Gasteiger partial charge in [-0.2, -0.15) is 0 Å². The molecule has 2 aliphatic heterocycles. The largest absolute Gasteiger partial charge is 0.401 e. The van der Waals surface area contributed by atoms with E-state index in [9.17, 15) is 0 Å². The van der Waals surface area contributed by atoms with E-state index in [-0.39, 0.29) is 0 Å². The number of hydrogen-bond donors (Lipinski definition) is 1. The van der Waals surface area contributed by atoms with Gasteiger partial charge in [0.2, 0.25) is 0 Å². The van der Waals surface area contributed by atoms with Gasteiger partial charge >= 0.3 is 0 Å². The summed E-state index contributed by atoms with van der Waals surface area (Å²) in [5.41, 5.74) is 7.59. The third-order valence-corrected chi connectivity index (χ3v) is 7.32. The summed E-state index contributed by atoms with van der Waals surface area (Å²) < 4.78 is 0. The molecule has 0 unspecified atom stereocenters. The molecule has 0 radical (unpaired) electrons. The predicted molar refractivity (Wildman–Crippen MR) is 160 cm³/mol. The van der Waals surface area contributed by atoms with Crippen molar-refractivity contribution in [2.24, 2.45) is 28.9 Å². The topological polar surface area (TPSA) is 45.4 Å². The van der Waals surface area contributed by atoms with Gasteiger partial charge in [0.05, 0.1) is 0 Å². The summed E-state index contributed by atoms with van der Waals surface area (Å²) in [5, 5.41) is 0. The SMILES string of the molecule is C=CC.CC.CC(C)C1CC2(C1)CN(c1ccccn1)C2.CC/C=C\C=C(/N)CN1CCC(C)CC1. The summed E-state index contributed by atoms with van der Waals surface area (Å²) in [6.45, 7) is 24.2. The zero-order valence-electron chi connectivity index (χ0n) is 24.5. The number of allylic oxidation sites excluding steroid dienone is 4. The molecule has 2 N–H and O–H groups in total. The molecule has 4 rings (SSSR count). The Kier molecular flexibility index (Phi) is 15.4. The van der Waals surface area contributed by atoms with Crippen LogP contribution in [0, 0.1) is 23.2 Å². The normalized spacial score (nSPS) is 19.8. The Morgan fingerprint density at radius 2 is 1.81 bits per heavy atom. The van der Waals surface area contributed by atoms with Gasteiger partial charge in [0.15, 0.2) is 0 Å². The first-order chi connectivity index (χ1) is 17.3. The lowest BCUT2D eigenvalue weighted by Gasteiger charge is -2.60. The van der Waals surface area contributed by atoms with Crippen LogP contribution in [0.15, 0.2) is 61.0 Å². The minimum absolute atomic E-state index is 0.659. The maximum atomic E-state index is 5.95. The second-order valence-corrected chi connectivity index (χ2v) is 10.9. The van der Waals surface area contributed by atoms with E-state index >= 15 is 0 Å². The van der Waals surface area contributed by atoms with Crippen LogP contribution in [0.3, 0.4) is 0 Å². The van der Waals surface area contributed by atoms with Gasteiger partial charge in [0.1, 0.15) is 5.82 Å². The van der Waals surface area contributed by atoms with Crippen molar-refractivity contribution in [1.82, 2.24) is 9.88 Å². The average molecular weight is 497 g/mol. The summed E-state index contributed by atoms with van der Waals surface area (Å²) in [6.07, 6.45) is 16.4. The van der Waals surface area contributed by atoms with Gasteiger partial charge < -0.3 is 10.6 Å². The Bertz CT molecular complexity index is 746. The van der Waals surface area contributed by atoms with Crippen molar-refractivity contribution in [2.45, 2.75) is 80.6 Å². The Morgan fingerprint density at radius 1 is 1.19 bits per heavy atom. The molecule has 1 aliphatic carbocycles. The highest BCUT2D eigenvalue weighted by atomic mass is 15.3. The molecule has 2 saturated heterocycles. The Labute approximate surface area is 223 Å². The highest BCUT2D eigenvalue weighted by Gasteiger charge is 2.52. The second-order valence-electron chi connectivity index (χ2n) is 10.9. The number of hydrogen-bond acceptors (Lipinski definition) is 4. The molecule has 1 saturated carbocycles. The van der Waals surface area contributed by atoms with Crippen molar-refractivity contribution in [3.8, 4) is 0 Å². The zero-order valence-corrected chi connectivity index (χ0v) is 24.5. The Morgan fingerprint density at radius 3 is 2.31 bits per heavy atom. The molecule has 1 aromatic heterocycles. The fraction of sp³-hybridized carbons (Fsp3) is 0.656. The van der Waals surface area contributed by atoms with E-state index in [2.05, 4.69) is 73.3 Å². The molecule has 3 fully saturated rings. The number of aromatic nitrogens is 1. The van der Waals surface area contributed by atoms with E-state index in [0.717, 1.165) is 42.2 Å². The minimum Gasteiger partial charge on any atom is -0.401 e. The number of rotatable bonds is 6. The van der Waals surface area contributed by atoms with Crippen LogP contribution in [0.1, 0.15) is 80.6 Å². The summed E-state index contributed by atoms with van der Waals surface area (Å²) in [7, 11) is 0. The van der Waals surface area contributed by atoms with Gasteiger partial charge in [-0.1, -0.05) is 65.8 Å². The van der Waals surface area contributed by atoms with Crippen LogP contribution in [-0.2, 0) is 0 Å². The first-order valence-corrected chi connectivity index (χ1v) is 14.4. The van der Waals surface area contributed by atoms with Crippen LogP contribution in [0.25, 0.3) is 0 Å². The molecular formula is C32H56N4. The summed E-state index contributed by atoms with van der Waals surface area (Å²) in [6, 6.07) is 6.17. The molecule has 0 aromatic carbocycles. The maximum Gasteiger partial charge on any atom is 0.128 e. The third kappa shape index (κ3) is 10.9. The Hall–Kier alpha value is -2.07. The smallest absolute Gasteiger partial charge is 0.128 e. The van der Waals surface area contributed by atoms with Gasteiger partial charge in [-0.25, -0.2) is 4.98 Å². The van der Waals surface area contributed by atoms with Crippen molar-refractivity contribution >= 4 is 5.82 Å². The molecule has 36 heavy (non-hydrogen) atoms. The van der Waals surface area contributed by atoms with E-state index in [4.69, 9.17) is 5.73 Å². The molecule has 0 bridgehead atoms. The average Bonchev–Trinajstić information content (AvgIpc) is 2.82. The molecule has 3 aliphatic rings. The highest BCUT2D eigenvalue weighted by molar-refractivity contribution is 5.43. The summed E-state index contributed by atoms with van der Waals surface area (Å²) in [4.78, 5) is 9.27. The van der Waals surface area contributed by atoms with Crippen LogP contribution in [0.4, 0.5) is 5.82 Å². The summed E-state index contributed by atoms with van der Waals surface area (Å²) in [5.74, 6) is 3.90. The van der Waals surface area contributed by atoms with Gasteiger partial charge in [-0.05, 0) is 88.1 Å². The fourth-order valence-electron chi connectivity index (χ4n) is 5.11. The molecule has 1 aromatic rings. The van der Waals surface area contributed by atoms with E-state index in [1.54, 1.807) is 6.08 Å². The van der Waals surface area contributed by atoms with Crippen molar-refractivity contribution in [1.29, 1.82) is 0 Å². The lowest BCUT2D eigenvalue weighted by molar-refractivity contribution is -0.000964. The lowest BCUT2D eigenvalue weighted by Crippen LogP contribution is -2.63. The summed E-state index contributed by atoms with van der Waals surface area (Å²) >= 11 is 0.